The second kappa shape index (κ2) is 10.5. The maximum Gasteiger partial charge on any atom is 0.246 e. The van der Waals surface area contributed by atoms with E-state index in [9.17, 15) is 14.0 Å². The summed E-state index contributed by atoms with van der Waals surface area (Å²) in [5.41, 5.74) is 3.68. The number of benzene rings is 2. The fraction of sp³-hybridized carbons (Fsp3) is 0.276. The summed E-state index contributed by atoms with van der Waals surface area (Å²) in [6.45, 7) is 9.43. The first kappa shape index (κ1) is 25.3. The zero-order valence-corrected chi connectivity index (χ0v) is 21.2. The highest BCUT2D eigenvalue weighted by molar-refractivity contribution is 5.87. The third-order valence-corrected chi connectivity index (χ3v) is 7.07. The van der Waals surface area contributed by atoms with Crippen molar-refractivity contribution in [1.82, 2.24) is 19.6 Å². The second-order valence-electron chi connectivity index (χ2n) is 9.26. The predicted molar refractivity (Wildman–Crippen MR) is 140 cm³/mol. The number of amides is 2. The molecule has 1 fully saturated rings. The minimum absolute atomic E-state index is 0.0432. The van der Waals surface area contributed by atoms with Gasteiger partial charge in [-0.05, 0) is 55.0 Å². The van der Waals surface area contributed by atoms with E-state index in [1.807, 2.05) is 16.8 Å². The average molecular weight is 517 g/mol. The van der Waals surface area contributed by atoms with Crippen LogP contribution in [0.3, 0.4) is 0 Å². The van der Waals surface area contributed by atoms with Crippen LogP contribution < -0.4 is 9.47 Å². The van der Waals surface area contributed by atoms with Gasteiger partial charge in [0.25, 0.3) is 0 Å². The van der Waals surface area contributed by atoms with Crippen molar-refractivity contribution in [2.45, 2.75) is 25.4 Å². The molecule has 2 aliphatic rings. The summed E-state index contributed by atoms with van der Waals surface area (Å²) < 4.78 is 27.4. The molecular weight excluding hydrogens is 487 g/mol. The molecule has 2 amide bonds. The van der Waals surface area contributed by atoms with Crippen molar-refractivity contribution >= 4 is 11.8 Å². The Balaban J connectivity index is 1.46. The highest BCUT2D eigenvalue weighted by Crippen LogP contribution is 2.36. The molecule has 1 atom stereocenters. The molecule has 1 aromatic heterocycles. The van der Waals surface area contributed by atoms with Crippen molar-refractivity contribution in [2.24, 2.45) is 0 Å². The van der Waals surface area contributed by atoms with Crippen LogP contribution in [0.4, 0.5) is 4.39 Å². The van der Waals surface area contributed by atoms with E-state index in [4.69, 9.17) is 14.6 Å². The summed E-state index contributed by atoms with van der Waals surface area (Å²) in [6, 6.07) is 12.0. The molecule has 0 radical (unpaired) electrons. The zero-order valence-electron chi connectivity index (χ0n) is 21.2. The van der Waals surface area contributed by atoms with Crippen molar-refractivity contribution in [3.05, 3.63) is 84.8 Å². The van der Waals surface area contributed by atoms with Crippen molar-refractivity contribution in [3.8, 4) is 28.5 Å². The summed E-state index contributed by atoms with van der Waals surface area (Å²) in [5.74, 6) is -0.138. The molecule has 0 saturated carbocycles. The highest BCUT2D eigenvalue weighted by atomic mass is 19.1. The normalized spacial score (nSPS) is 16.6. The van der Waals surface area contributed by atoms with Gasteiger partial charge in [-0.1, -0.05) is 19.2 Å². The molecule has 2 aliphatic heterocycles. The maximum atomic E-state index is 14.5. The Labute approximate surface area is 220 Å². The van der Waals surface area contributed by atoms with Gasteiger partial charge in [-0.3, -0.25) is 14.3 Å². The first-order chi connectivity index (χ1) is 18.4. The molecular formula is C29H29FN4O4. The highest BCUT2D eigenvalue weighted by Gasteiger charge is 2.33. The molecule has 3 heterocycles. The van der Waals surface area contributed by atoms with Gasteiger partial charge in [0.1, 0.15) is 5.75 Å². The van der Waals surface area contributed by atoms with Crippen molar-refractivity contribution in [3.63, 3.8) is 0 Å². The Hall–Kier alpha value is -4.40. The topological polar surface area (TPSA) is 76.9 Å². The van der Waals surface area contributed by atoms with E-state index in [0.29, 0.717) is 38.3 Å². The Morgan fingerprint density at radius 3 is 2.45 bits per heavy atom. The Morgan fingerprint density at radius 1 is 1.03 bits per heavy atom. The van der Waals surface area contributed by atoms with Gasteiger partial charge in [0, 0.05) is 49.4 Å². The van der Waals surface area contributed by atoms with Crippen LogP contribution in [-0.4, -0.2) is 58.1 Å². The number of rotatable bonds is 7. The lowest BCUT2D eigenvalue weighted by atomic mass is 10.0. The van der Waals surface area contributed by atoms with Crippen molar-refractivity contribution in [2.75, 3.05) is 26.7 Å². The Morgan fingerprint density at radius 2 is 1.74 bits per heavy atom. The number of hydrogen-bond acceptors (Lipinski definition) is 5. The molecule has 2 aromatic carbocycles. The van der Waals surface area contributed by atoms with E-state index in [1.54, 1.807) is 28.0 Å². The number of hydrogen-bond donors (Lipinski definition) is 0. The molecule has 0 unspecified atom stereocenters. The van der Waals surface area contributed by atoms with Crippen LogP contribution in [0.15, 0.2) is 67.8 Å². The first-order valence-electron chi connectivity index (χ1n) is 12.5. The van der Waals surface area contributed by atoms with Crippen LogP contribution in [-0.2, 0) is 22.6 Å². The quantitative estimate of drug-likeness (QED) is 0.432. The fourth-order valence-corrected chi connectivity index (χ4v) is 5.10. The molecule has 38 heavy (non-hydrogen) atoms. The number of halogens is 1. The van der Waals surface area contributed by atoms with Crippen LogP contribution in [0.5, 0.6) is 17.2 Å². The standard InChI is InChI=1S/C29H29FN4O4/c1-4-26(35)32-15-13-20(17-32)34-23-14-16-33(27(36)5-2)18-22(23)29(31-34)19-9-11-21(12-10-19)38-25-8-6-7-24(37-3)28(25)30/h4-12,20H,1-2,13-18H2,3H3/t20-/m1/s1. The minimum atomic E-state index is -0.570. The number of likely N-dealkylation sites (tertiary alicyclic amines) is 1. The van der Waals surface area contributed by atoms with Crippen LogP contribution in [0.2, 0.25) is 0 Å². The summed E-state index contributed by atoms with van der Waals surface area (Å²) in [5, 5.41) is 5.01. The van der Waals surface area contributed by atoms with Crippen molar-refractivity contribution < 1.29 is 23.5 Å². The van der Waals surface area contributed by atoms with E-state index in [-0.39, 0.29) is 29.4 Å². The number of methoxy groups -OCH3 is 1. The molecule has 0 spiro atoms. The lowest BCUT2D eigenvalue weighted by Crippen LogP contribution is -2.35. The molecule has 0 bridgehead atoms. The van der Waals surface area contributed by atoms with E-state index < -0.39 is 5.82 Å². The third kappa shape index (κ3) is 4.67. The lowest BCUT2D eigenvalue weighted by molar-refractivity contribution is -0.127. The fourth-order valence-electron chi connectivity index (χ4n) is 5.10. The molecule has 196 valence electrons. The number of carbonyl (C=O) groups is 2. The molecule has 1 saturated heterocycles. The first-order valence-corrected chi connectivity index (χ1v) is 12.5. The van der Waals surface area contributed by atoms with Crippen LogP contribution in [0, 0.1) is 5.82 Å². The minimum Gasteiger partial charge on any atom is -0.494 e. The summed E-state index contributed by atoms with van der Waals surface area (Å²) in [7, 11) is 1.40. The van der Waals surface area contributed by atoms with Crippen LogP contribution in [0.25, 0.3) is 11.3 Å². The van der Waals surface area contributed by atoms with Gasteiger partial charge in [0.15, 0.2) is 11.5 Å². The van der Waals surface area contributed by atoms with Gasteiger partial charge >= 0.3 is 0 Å². The number of nitrogens with zero attached hydrogens (tertiary/aromatic N) is 4. The van der Waals surface area contributed by atoms with Gasteiger partial charge < -0.3 is 19.3 Å². The molecule has 8 nitrogen and oxygen atoms in total. The van der Waals surface area contributed by atoms with Gasteiger partial charge in [0.05, 0.1) is 18.8 Å². The number of fused-ring (bicyclic) bond motifs is 1. The predicted octanol–water partition coefficient (Wildman–Crippen LogP) is 4.52. The van der Waals surface area contributed by atoms with Crippen LogP contribution in [0.1, 0.15) is 23.7 Å². The van der Waals surface area contributed by atoms with E-state index in [2.05, 4.69) is 13.2 Å². The van der Waals surface area contributed by atoms with Crippen LogP contribution >= 0.6 is 0 Å². The molecule has 9 heteroatoms. The second-order valence-corrected chi connectivity index (χ2v) is 9.26. The number of aromatic nitrogens is 2. The molecule has 5 rings (SSSR count). The summed E-state index contributed by atoms with van der Waals surface area (Å²) in [6.07, 6.45) is 4.12. The Kier molecular flexibility index (Phi) is 7.00. The number of ether oxygens (including phenoxy) is 2. The smallest absolute Gasteiger partial charge is 0.246 e. The molecule has 3 aromatic rings. The largest absolute Gasteiger partial charge is 0.494 e. The van der Waals surface area contributed by atoms with E-state index in [1.165, 1.54) is 31.4 Å². The lowest BCUT2D eigenvalue weighted by Gasteiger charge is -2.27. The SMILES string of the molecule is C=CC(=O)N1CCc2c(c(-c3ccc(Oc4cccc(OC)c4F)cc3)nn2[C@@H]2CCN(C(=O)C=C)C2)C1. The van der Waals surface area contributed by atoms with Gasteiger partial charge in [-0.2, -0.15) is 9.49 Å². The number of carbonyl (C=O) groups excluding carboxylic acids is 2. The monoisotopic (exact) mass is 516 g/mol. The molecule has 0 N–H and O–H groups in total. The van der Waals surface area contributed by atoms with Gasteiger partial charge in [-0.15, -0.1) is 0 Å². The van der Waals surface area contributed by atoms with Crippen molar-refractivity contribution in [1.29, 1.82) is 0 Å². The third-order valence-electron chi connectivity index (χ3n) is 7.07. The van der Waals surface area contributed by atoms with Gasteiger partial charge in [0.2, 0.25) is 17.6 Å². The maximum absolute atomic E-state index is 14.5. The molecule has 0 aliphatic carbocycles. The van der Waals surface area contributed by atoms with Gasteiger partial charge in [-0.25, -0.2) is 0 Å². The summed E-state index contributed by atoms with van der Waals surface area (Å²) >= 11 is 0. The Bertz CT molecular complexity index is 1400. The van der Waals surface area contributed by atoms with E-state index >= 15 is 0 Å². The summed E-state index contributed by atoms with van der Waals surface area (Å²) in [4.78, 5) is 28.1. The zero-order chi connectivity index (χ0) is 26.8. The van der Waals surface area contributed by atoms with E-state index in [0.717, 1.165) is 28.9 Å². The average Bonchev–Trinajstić information content (AvgIpc) is 3.59.